The zero-order valence-corrected chi connectivity index (χ0v) is 13.8. The number of nitrogens with zero attached hydrogens (tertiary/aromatic N) is 1. The number of aryl methyl sites for hydroxylation is 1. The minimum Gasteiger partial charge on any atom is -0.497 e. The summed E-state index contributed by atoms with van der Waals surface area (Å²) in [6.45, 7) is 2.11. The van der Waals surface area contributed by atoms with Gasteiger partial charge in [0.15, 0.2) is 0 Å². The van der Waals surface area contributed by atoms with Crippen LogP contribution in [0, 0.1) is 6.92 Å². The van der Waals surface area contributed by atoms with Gasteiger partial charge in [0.05, 0.1) is 13.2 Å². The number of ether oxygens (including phenoxy) is 1. The summed E-state index contributed by atoms with van der Waals surface area (Å²) in [5, 5.41) is 2.76. The fourth-order valence-corrected chi connectivity index (χ4v) is 2.30. The van der Waals surface area contributed by atoms with Crippen LogP contribution in [0.3, 0.4) is 0 Å². The molecule has 0 aliphatic carbocycles. The van der Waals surface area contributed by atoms with E-state index in [1.165, 1.54) is 6.07 Å². The van der Waals surface area contributed by atoms with E-state index in [0.29, 0.717) is 30.9 Å². The van der Waals surface area contributed by atoms with E-state index in [1.807, 2.05) is 24.3 Å². The Hall–Kier alpha value is -2.67. The zero-order chi connectivity index (χ0) is 17.5. The molecule has 2 rings (SSSR count). The van der Waals surface area contributed by atoms with Gasteiger partial charge in [-0.25, -0.2) is 4.98 Å². The Morgan fingerprint density at radius 3 is 2.71 bits per heavy atom. The van der Waals surface area contributed by atoms with Gasteiger partial charge in [0.25, 0.3) is 5.56 Å². The van der Waals surface area contributed by atoms with Gasteiger partial charge in [-0.15, -0.1) is 0 Å². The highest BCUT2D eigenvalue weighted by Gasteiger charge is 2.13. The summed E-state index contributed by atoms with van der Waals surface area (Å²) in [5.74, 6) is 1.07. The molecule has 1 aromatic heterocycles. The largest absolute Gasteiger partial charge is 0.497 e. The molecule has 0 bridgehead atoms. The molecular weight excluding hydrogens is 308 g/mol. The number of amides is 1. The lowest BCUT2D eigenvalue weighted by molar-refractivity contribution is -0.122. The van der Waals surface area contributed by atoms with Crippen LogP contribution in [0.15, 0.2) is 35.1 Å². The molecule has 0 spiro atoms. The van der Waals surface area contributed by atoms with Crippen molar-refractivity contribution in [3.05, 3.63) is 57.8 Å². The Bertz CT molecular complexity index is 740. The second-order valence-electron chi connectivity index (χ2n) is 5.53. The van der Waals surface area contributed by atoms with Crippen LogP contribution < -0.4 is 21.3 Å². The summed E-state index contributed by atoms with van der Waals surface area (Å²) in [4.78, 5) is 30.2. The average molecular weight is 330 g/mol. The molecule has 1 amide bonds. The van der Waals surface area contributed by atoms with Crippen molar-refractivity contribution in [1.29, 1.82) is 0 Å². The summed E-state index contributed by atoms with van der Waals surface area (Å²) in [6.07, 6.45) is 0.882. The van der Waals surface area contributed by atoms with Crippen LogP contribution >= 0.6 is 0 Å². The molecule has 128 valence electrons. The molecule has 0 unspecified atom stereocenters. The molecule has 1 atom stereocenters. The van der Waals surface area contributed by atoms with E-state index in [9.17, 15) is 9.59 Å². The van der Waals surface area contributed by atoms with Gasteiger partial charge in [-0.1, -0.05) is 12.1 Å². The Kier molecular flexibility index (Phi) is 6.08. The van der Waals surface area contributed by atoms with Crippen molar-refractivity contribution in [2.75, 3.05) is 13.7 Å². The van der Waals surface area contributed by atoms with Crippen LogP contribution in [0.25, 0.3) is 0 Å². The zero-order valence-electron chi connectivity index (χ0n) is 13.8. The predicted molar refractivity (Wildman–Crippen MR) is 91.0 cm³/mol. The lowest BCUT2D eigenvalue weighted by Crippen LogP contribution is -2.42. The molecule has 0 aliphatic heterocycles. The van der Waals surface area contributed by atoms with E-state index in [1.54, 1.807) is 14.0 Å². The number of aromatic nitrogens is 2. The van der Waals surface area contributed by atoms with Crippen LogP contribution in [0.4, 0.5) is 0 Å². The van der Waals surface area contributed by atoms with Crippen LogP contribution in [-0.4, -0.2) is 35.6 Å². The molecule has 4 N–H and O–H groups in total. The molecule has 24 heavy (non-hydrogen) atoms. The van der Waals surface area contributed by atoms with Crippen LogP contribution in [0.2, 0.25) is 0 Å². The van der Waals surface area contributed by atoms with Crippen molar-refractivity contribution in [3.8, 4) is 5.75 Å². The molecule has 0 radical (unpaired) electrons. The Morgan fingerprint density at radius 2 is 2.08 bits per heavy atom. The first kappa shape index (κ1) is 17.7. The Balaban J connectivity index is 1.81. The summed E-state index contributed by atoms with van der Waals surface area (Å²) in [5.41, 5.74) is 7.35. The summed E-state index contributed by atoms with van der Waals surface area (Å²) in [6, 6.07) is 8.22. The lowest BCUT2D eigenvalue weighted by Gasteiger charge is -2.12. The Morgan fingerprint density at radius 1 is 1.38 bits per heavy atom. The molecule has 7 heteroatoms. The van der Waals surface area contributed by atoms with Gasteiger partial charge in [-0.3, -0.25) is 9.59 Å². The first-order chi connectivity index (χ1) is 11.5. The van der Waals surface area contributed by atoms with E-state index >= 15 is 0 Å². The first-order valence-corrected chi connectivity index (χ1v) is 7.71. The normalized spacial score (nSPS) is 11.8. The Labute approximate surface area is 140 Å². The van der Waals surface area contributed by atoms with Gasteiger partial charge in [-0.2, -0.15) is 0 Å². The molecule has 1 heterocycles. The van der Waals surface area contributed by atoms with Crippen molar-refractivity contribution in [2.24, 2.45) is 5.73 Å². The summed E-state index contributed by atoms with van der Waals surface area (Å²) < 4.78 is 5.09. The fourth-order valence-electron chi connectivity index (χ4n) is 2.30. The topological polar surface area (TPSA) is 110 Å². The summed E-state index contributed by atoms with van der Waals surface area (Å²) in [7, 11) is 1.60. The van der Waals surface area contributed by atoms with E-state index in [4.69, 9.17) is 10.5 Å². The molecular formula is C17H22N4O3. The molecule has 0 aliphatic rings. The highest BCUT2D eigenvalue weighted by molar-refractivity contribution is 5.81. The van der Waals surface area contributed by atoms with Crippen LogP contribution in [-0.2, 0) is 17.6 Å². The second kappa shape index (κ2) is 8.26. The number of benzene rings is 1. The monoisotopic (exact) mass is 330 g/mol. The van der Waals surface area contributed by atoms with Gasteiger partial charge < -0.3 is 20.8 Å². The van der Waals surface area contributed by atoms with Crippen molar-refractivity contribution >= 4 is 5.91 Å². The molecule has 0 saturated carbocycles. The van der Waals surface area contributed by atoms with Gasteiger partial charge in [0.2, 0.25) is 5.91 Å². The number of H-pyrrole nitrogens is 1. The van der Waals surface area contributed by atoms with E-state index in [0.717, 1.165) is 11.3 Å². The average Bonchev–Trinajstić information content (AvgIpc) is 2.54. The molecule has 0 saturated heterocycles. The van der Waals surface area contributed by atoms with E-state index in [2.05, 4.69) is 15.3 Å². The number of carbonyl (C=O) groups excluding carboxylic acids is 1. The third-order valence-electron chi connectivity index (χ3n) is 3.53. The highest BCUT2D eigenvalue weighted by atomic mass is 16.5. The minimum absolute atomic E-state index is 0.194. The third kappa shape index (κ3) is 5.20. The van der Waals surface area contributed by atoms with Crippen molar-refractivity contribution in [3.63, 3.8) is 0 Å². The maximum Gasteiger partial charge on any atom is 0.251 e. The summed E-state index contributed by atoms with van der Waals surface area (Å²) >= 11 is 0. The van der Waals surface area contributed by atoms with Gasteiger partial charge >= 0.3 is 0 Å². The molecule has 2 aromatic rings. The van der Waals surface area contributed by atoms with Crippen molar-refractivity contribution < 1.29 is 9.53 Å². The molecule has 0 fully saturated rings. The number of nitrogens with one attached hydrogen (secondary N) is 2. The second-order valence-corrected chi connectivity index (χ2v) is 5.53. The lowest BCUT2D eigenvalue weighted by atomic mass is 10.1. The van der Waals surface area contributed by atoms with Crippen molar-refractivity contribution in [2.45, 2.75) is 25.8 Å². The molecule has 1 aromatic carbocycles. The standard InChI is InChI=1S/C17H22N4O3/c1-11-9-16(22)21-15(20-11)7-8-19-17(23)14(18)10-12-3-5-13(24-2)6-4-12/h3-6,9,14H,7-8,10,18H2,1-2H3,(H,19,23)(H,20,21,22)/t14-/m0/s1. The number of hydrogen-bond donors (Lipinski definition) is 3. The number of carbonyl (C=O) groups is 1. The maximum absolute atomic E-state index is 12.0. The van der Waals surface area contributed by atoms with E-state index in [-0.39, 0.29) is 11.5 Å². The van der Waals surface area contributed by atoms with Crippen LogP contribution in [0.5, 0.6) is 5.75 Å². The number of rotatable bonds is 7. The smallest absolute Gasteiger partial charge is 0.251 e. The minimum atomic E-state index is -0.636. The van der Waals surface area contributed by atoms with Gasteiger partial charge in [0.1, 0.15) is 11.6 Å². The number of aromatic amines is 1. The van der Waals surface area contributed by atoms with Gasteiger partial charge in [0, 0.05) is 24.7 Å². The quantitative estimate of drug-likeness (QED) is 0.677. The number of nitrogens with two attached hydrogens (primary N) is 1. The predicted octanol–water partition coefficient (Wildman–Crippen LogP) is 0.316. The molecule has 7 nitrogen and oxygen atoms in total. The number of methoxy groups -OCH3 is 1. The first-order valence-electron chi connectivity index (χ1n) is 7.71. The van der Waals surface area contributed by atoms with Crippen LogP contribution in [0.1, 0.15) is 17.1 Å². The third-order valence-corrected chi connectivity index (χ3v) is 3.53. The van der Waals surface area contributed by atoms with Crippen molar-refractivity contribution in [1.82, 2.24) is 15.3 Å². The highest BCUT2D eigenvalue weighted by Crippen LogP contribution is 2.12. The SMILES string of the molecule is COc1ccc(C[C@H](N)C(=O)NCCc2nc(C)cc(=O)[nH]2)cc1. The van der Waals surface area contributed by atoms with E-state index < -0.39 is 6.04 Å². The van der Waals surface area contributed by atoms with Gasteiger partial charge in [-0.05, 0) is 31.0 Å². The fraction of sp³-hybridized carbons (Fsp3) is 0.353. The maximum atomic E-state index is 12.0. The number of hydrogen-bond acceptors (Lipinski definition) is 5.